The number of rotatable bonds is 5. The molecule has 1 fully saturated rings. The van der Waals surface area contributed by atoms with E-state index in [1.54, 1.807) is 6.92 Å². The fourth-order valence-corrected chi connectivity index (χ4v) is 1.68. The molecule has 1 aromatic rings. The molecule has 0 aromatic carbocycles. The van der Waals surface area contributed by atoms with Gasteiger partial charge < -0.3 is 9.15 Å². The molecule has 2 rings (SSSR count). The minimum atomic E-state index is -0.376. The zero-order chi connectivity index (χ0) is 11.5. The maximum Gasteiger partial charge on any atom is 0.376 e. The summed E-state index contributed by atoms with van der Waals surface area (Å²) in [4.78, 5) is 16.1. The maximum atomic E-state index is 11.7. The number of oxazole rings is 1. The van der Waals surface area contributed by atoms with Gasteiger partial charge in [-0.25, -0.2) is 9.78 Å². The third kappa shape index (κ3) is 2.26. The Bertz CT molecular complexity index is 380. The average Bonchev–Trinajstić information content (AvgIpc) is 3.01. The molecular formula is C12H17NO3. The van der Waals surface area contributed by atoms with Crippen molar-refractivity contribution in [2.45, 2.75) is 45.4 Å². The Hall–Kier alpha value is -1.32. The molecule has 4 heteroatoms. The highest BCUT2D eigenvalue weighted by atomic mass is 16.5. The summed E-state index contributed by atoms with van der Waals surface area (Å²) in [5, 5.41) is 0. The Morgan fingerprint density at radius 1 is 1.50 bits per heavy atom. The number of hydrogen-bond acceptors (Lipinski definition) is 4. The van der Waals surface area contributed by atoms with Gasteiger partial charge in [-0.15, -0.1) is 0 Å². The van der Waals surface area contributed by atoms with E-state index in [4.69, 9.17) is 9.15 Å². The highest BCUT2D eigenvalue weighted by Crippen LogP contribution is 2.41. The molecule has 0 bridgehead atoms. The molecule has 0 atom stereocenters. The number of carbonyl (C=O) groups is 1. The van der Waals surface area contributed by atoms with Crippen LogP contribution in [0, 0.1) is 0 Å². The van der Waals surface area contributed by atoms with Crippen LogP contribution in [0.2, 0.25) is 0 Å². The van der Waals surface area contributed by atoms with Crippen molar-refractivity contribution >= 4 is 5.97 Å². The largest absolute Gasteiger partial charge is 0.460 e. The smallest absolute Gasteiger partial charge is 0.376 e. The lowest BCUT2D eigenvalue weighted by Gasteiger charge is -1.98. The van der Waals surface area contributed by atoms with Gasteiger partial charge in [0.2, 0.25) is 5.76 Å². The highest BCUT2D eigenvalue weighted by Gasteiger charge is 2.33. The SMILES string of the molecule is CCCc1nc(C2CC2)c(C(=O)OCC)o1. The maximum absolute atomic E-state index is 11.7. The third-order valence-corrected chi connectivity index (χ3v) is 2.59. The van der Waals surface area contributed by atoms with Gasteiger partial charge in [-0.2, -0.15) is 0 Å². The molecule has 0 amide bonds. The minimum Gasteiger partial charge on any atom is -0.460 e. The predicted octanol–water partition coefficient (Wildman–Crippen LogP) is 2.68. The molecule has 1 saturated carbocycles. The first kappa shape index (κ1) is 11.2. The standard InChI is InChI=1S/C12H17NO3/c1-3-5-9-13-10(8-6-7-8)11(16-9)12(14)15-4-2/h8H,3-7H2,1-2H3. The van der Waals surface area contributed by atoms with Gasteiger partial charge in [-0.3, -0.25) is 0 Å². The lowest BCUT2D eigenvalue weighted by Crippen LogP contribution is -2.05. The number of esters is 1. The zero-order valence-electron chi connectivity index (χ0n) is 9.78. The molecule has 0 aliphatic heterocycles. The molecular weight excluding hydrogens is 206 g/mol. The second kappa shape index (κ2) is 4.68. The van der Waals surface area contributed by atoms with E-state index < -0.39 is 0 Å². The van der Waals surface area contributed by atoms with Crippen LogP contribution in [0.3, 0.4) is 0 Å². The van der Waals surface area contributed by atoms with Gasteiger partial charge in [0, 0.05) is 12.3 Å². The quantitative estimate of drug-likeness (QED) is 0.720. The topological polar surface area (TPSA) is 52.3 Å². The first-order valence-corrected chi connectivity index (χ1v) is 5.93. The van der Waals surface area contributed by atoms with Crippen LogP contribution in [0.5, 0.6) is 0 Å². The van der Waals surface area contributed by atoms with Gasteiger partial charge in [-0.1, -0.05) is 6.92 Å². The highest BCUT2D eigenvalue weighted by molar-refractivity contribution is 5.87. The van der Waals surface area contributed by atoms with Crippen LogP contribution in [-0.2, 0) is 11.2 Å². The van der Waals surface area contributed by atoms with E-state index in [1.807, 2.05) is 0 Å². The van der Waals surface area contributed by atoms with E-state index >= 15 is 0 Å². The first-order chi connectivity index (χ1) is 7.76. The lowest BCUT2D eigenvalue weighted by atomic mass is 10.2. The molecule has 0 unspecified atom stereocenters. The summed E-state index contributed by atoms with van der Waals surface area (Å²) < 4.78 is 10.5. The molecule has 1 aliphatic carbocycles. The Morgan fingerprint density at radius 3 is 2.81 bits per heavy atom. The summed E-state index contributed by atoms with van der Waals surface area (Å²) in [6.07, 6.45) is 3.95. The second-order valence-electron chi connectivity index (χ2n) is 4.07. The van der Waals surface area contributed by atoms with Crippen molar-refractivity contribution < 1.29 is 13.9 Å². The first-order valence-electron chi connectivity index (χ1n) is 5.93. The fourth-order valence-electron chi connectivity index (χ4n) is 1.68. The molecule has 1 aliphatic rings. The van der Waals surface area contributed by atoms with Gasteiger partial charge in [0.1, 0.15) is 0 Å². The number of carbonyl (C=O) groups excluding carboxylic acids is 1. The molecule has 0 N–H and O–H groups in total. The van der Waals surface area contributed by atoms with Gasteiger partial charge in [0.15, 0.2) is 5.89 Å². The lowest BCUT2D eigenvalue weighted by molar-refractivity contribution is 0.0486. The Morgan fingerprint density at radius 2 is 2.25 bits per heavy atom. The number of aryl methyl sites for hydroxylation is 1. The minimum absolute atomic E-state index is 0.327. The van der Waals surface area contributed by atoms with Crippen molar-refractivity contribution in [3.8, 4) is 0 Å². The molecule has 4 nitrogen and oxygen atoms in total. The molecule has 1 aromatic heterocycles. The summed E-state index contributed by atoms with van der Waals surface area (Å²) in [7, 11) is 0. The van der Waals surface area contributed by atoms with Crippen molar-refractivity contribution in [3.63, 3.8) is 0 Å². The van der Waals surface area contributed by atoms with Crippen LogP contribution in [0.15, 0.2) is 4.42 Å². The summed E-state index contributed by atoms with van der Waals surface area (Å²) >= 11 is 0. The van der Waals surface area contributed by atoms with Crippen LogP contribution < -0.4 is 0 Å². The van der Waals surface area contributed by atoms with Crippen molar-refractivity contribution in [1.82, 2.24) is 4.98 Å². The van der Waals surface area contributed by atoms with Gasteiger partial charge in [-0.05, 0) is 26.2 Å². The van der Waals surface area contributed by atoms with Gasteiger partial charge >= 0.3 is 5.97 Å². The number of ether oxygens (including phenoxy) is 1. The normalized spacial score (nSPS) is 15.1. The van der Waals surface area contributed by atoms with Gasteiger partial charge in [0.05, 0.1) is 12.3 Å². The van der Waals surface area contributed by atoms with Gasteiger partial charge in [0.25, 0.3) is 0 Å². The van der Waals surface area contributed by atoms with Crippen LogP contribution in [0.1, 0.15) is 61.2 Å². The van der Waals surface area contributed by atoms with E-state index in [2.05, 4.69) is 11.9 Å². The summed E-state index contributed by atoms with van der Waals surface area (Å²) in [6.45, 7) is 4.22. The third-order valence-electron chi connectivity index (χ3n) is 2.59. The van der Waals surface area contributed by atoms with E-state index in [1.165, 1.54) is 0 Å². The van der Waals surface area contributed by atoms with Crippen LogP contribution in [0.4, 0.5) is 0 Å². The number of hydrogen-bond donors (Lipinski definition) is 0. The van der Waals surface area contributed by atoms with E-state index in [-0.39, 0.29) is 5.97 Å². The van der Waals surface area contributed by atoms with E-state index in [0.717, 1.165) is 31.4 Å². The zero-order valence-corrected chi connectivity index (χ0v) is 9.78. The molecule has 0 spiro atoms. The van der Waals surface area contributed by atoms with E-state index in [9.17, 15) is 4.79 Å². The van der Waals surface area contributed by atoms with Crippen LogP contribution >= 0.6 is 0 Å². The van der Waals surface area contributed by atoms with Crippen molar-refractivity contribution in [2.24, 2.45) is 0 Å². The average molecular weight is 223 g/mol. The second-order valence-corrected chi connectivity index (χ2v) is 4.07. The monoisotopic (exact) mass is 223 g/mol. The number of nitrogens with zero attached hydrogens (tertiary/aromatic N) is 1. The molecule has 0 saturated heterocycles. The molecule has 0 radical (unpaired) electrons. The fraction of sp³-hybridized carbons (Fsp3) is 0.667. The Labute approximate surface area is 95.0 Å². The summed E-state index contributed by atoms with van der Waals surface area (Å²) in [6, 6.07) is 0. The molecule has 16 heavy (non-hydrogen) atoms. The predicted molar refractivity (Wildman–Crippen MR) is 58.4 cm³/mol. The van der Waals surface area contributed by atoms with Crippen LogP contribution in [-0.4, -0.2) is 17.6 Å². The van der Waals surface area contributed by atoms with E-state index in [0.29, 0.717) is 24.2 Å². The molecule has 88 valence electrons. The van der Waals surface area contributed by atoms with Crippen LogP contribution in [0.25, 0.3) is 0 Å². The Balaban J connectivity index is 2.22. The Kier molecular flexibility index (Phi) is 3.27. The van der Waals surface area contributed by atoms with Crippen molar-refractivity contribution in [3.05, 3.63) is 17.3 Å². The van der Waals surface area contributed by atoms with Crippen molar-refractivity contribution in [2.75, 3.05) is 6.61 Å². The summed E-state index contributed by atoms with van der Waals surface area (Å²) in [5.41, 5.74) is 0.807. The summed E-state index contributed by atoms with van der Waals surface area (Å²) in [5.74, 6) is 1.02. The molecule has 1 heterocycles. The number of aromatic nitrogens is 1. The van der Waals surface area contributed by atoms with Crippen molar-refractivity contribution in [1.29, 1.82) is 0 Å².